The van der Waals surface area contributed by atoms with Gasteiger partial charge < -0.3 is 5.11 Å². The molecule has 0 aromatic heterocycles. The van der Waals surface area contributed by atoms with Crippen molar-refractivity contribution in [3.8, 4) is 0 Å². The van der Waals surface area contributed by atoms with Crippen LogP contribution in [0.1, 0.15) is 47.0 Å². The number of rotatable bonds is 2. The standard InChI is InChI=1S/C12H24O/c1-5-8(2)11-7-12(13)10(4)6-9(11)3/h8-13H,5-7H2,1-4H3. The maximum absolute atomic E-state index is 9.81. The quantitative estimate of drug-likeness (QED) is 0.699. The molecule has 1 aliphatic carbocycles. The van der Waals surface area contributed by atoms with E-state index < -0.39 is 0 Å². The smallest absolute Gasteiger partial charge is 0.0568 e. The molecule has 1 saturated carbocycles. The van der Waals surface area contributed by atoms with Crippen LogP contribution in [0.15, 0.2) is 0 Å². The summed E-state index contributed by atoms with van der Waals surface area (Å²) in [5.74, 6) is 2.83. The molecule has 5 unspecified atom stereocenters. The van der Waals surface area contributed by atoms with Crippen molar-refractivity contribution >= 4 is 0 Å². The third-order valence-corrected chi connectivity index (χ3v) is 4.02. The van der Waals surface area contributed by atoms with E-state index in [-0.39, 0.29) is 6.10 Å². The lowest BCUT2D eigenvalue weighted by atomic mass is 9.69. The molecule has 1 aliphatic rings. The molecule has 0 saturated heterocycles. The highest BCUT2D eigenvalue weighted by Crippen LogP contribution is 2.38. The second-order valence-electron chi connectivity index (χ2n) is 5.04. The van der Waals surface area contributed by atoms with Gasteiger partial charge in [-0.25, -0.2) is 0 Å². The first kappa shape index (κ1) is 11.0. The lowest BCUT2D eigenvalue weighted by Gasteiger charge is -2.39. The molecular weight excluding hydrogens is 160 g/mol. The van der Waals surface area contributed by atoms with E-state index in [1.165, 1.54) is 12.8 Å². The predicted octanol–water partition coefficient (Wildman–Crippen LogP) is 3.08. The van der Waals surface area contributed by atoms with Gasteiger partial charge in [-0.1, -0.05) is 34.1 Å². The zero-order valence-corrected chi connectivity index (χ0v) is 9.46. The third-order valence-electron chi connectivity index (χ3n) is 4.02. The topological polar surface area (TPSA) is 20.2 Å². The Labute approximate surface area is 82.5 Å². The van der Waals surface area contributed by atoms with E-state index in [2.05, 4.69) is 27.7 Å². The van der Waals surface area contributed by atoms with Crippen LogP contribution in [0.4, 0.5) is 0 Å². The Hall–Kier alpha value is -0.0400. The normalized spacial score (nSPS) is 43.2. The van der Waals surface area contributed by atoms with Crippen LogP contribution in [0.5, 0.6) is 0 Å². The molecule has 1 heteroatoms. The molecule has 1 fully saturated rings. The minimum absolute atomic E-state index is 0.0461. The average Bonchev–Trinajstić information content (AvgIpc) is 2.10. The number of hydrogen-bond acceptors (Lipinski definition) is 1. The minimum Gasteiger partial charge on any atom is -0.393 e. The monoisotopic (exact) mass is 184 g/mol. The Balaban J connectivity index is 2.55. The Morgan fingerprint density at radius 3 is 2.38 bits per heavy atom. The zero-order valence-electron chi connectivity index (χ0n) is 9.46. The zero-order chi connectivity index (χ0) is 10.0. The van der Waals surface area contributed by atoms with Crippen LogP contribution < -0.4 is 0 Å². The summed E-state index contributed by atoms with van der Waals surface area (Å²) in [6.07, 6.45) is 3.43. The van der Waals surface area contributed by atoms with Crippen molar-refractivity contribution < 1.29 is 5.11 Å². The van der Waals surface area contributed by atoms with Crippen molar-refractivity contribution in [2.45, 2.75) is 53.1 Å². The van der Waals surface area contributed by atoms with Crippen LogP contribution in [0.3, 0.4) is 0 Å². The fraction of sp³-hybridized carbons (Fsp3) is 1.00. The highest BCUT2D eigenvalue weighted by Gasteiger charge is 2.33. The van der Waals surface area contributed by atoms with Gasteiger partial charge in [0.25, 0.3) is 0 Å². The van der Waals surface area contributed by atoms with Gasteiger partial charge in [-0.3, -0.25) is 0 Å². The van der Waals surface area contributed by atoms with Crippen molar-refractivity contribution in [3.63, 3.8) is 0 Å². The lowest BCUT2D eigenvalue weighted by molar-refractivity contribution is 0.00941. The maximum Gasteiger partial charge on any atom is 0.0568 e. The first-order valence-corrected chi connectivity index (χ1v) is 5.74. The maximum atomic E-state index is 9.81. The number of aliphatic hydroxyl groups is 1. The van der Waals surface area contributed by atoms with E-state index in [4.69, 9.17) is 0 Å². The van der Waals surface area contributed by atoms with Crippen molar-refractivity contribution in [2.75, 3.05) is 0 Å². The molecule has 5 atom stereocenters. The molecule has 0 aliphatic heterocycles. The molecule has 0 amide bonds. The van der Waals surface area contributed by atoms with E-state index >= 15 is 0 Å². The third kappa shape index (κ3) is 2.46. The van der Waals surface area contributed by atoms with E-state index in [1.807, 2.05) is 0 Å². The van der Waals surface area contributed by atoms with Crippen LogP contribution >= 0.6 is 0 Å². The van der Waals surface area contributed by atoms with Gasteiger partial charge in [0, 0.05) is 0 Å². The van der Waals surface area contributed by atoms with Gasteiger partial charge in [0.05, 0.1) is 6.10 Å². The molecule has 0 aromatic carbocycles. The van der Waals surface area contributed by atoms with Gasteiger partial charge in [0.15, 0.2) is 0 Å². The van der Waals surface area contributed by atoms with Crippen molar-refractivity contribution in [1.29, 1.82) is 0 Å². The van der Waals surface area contributed by atoms with Gasteiger partial charge in [0.1, 0.15) is 0 Å². The van der Waals surface area contributed by atoms with E-state index in [0.29, 0.717) is 5.92 Å². The molecule has 78 valence electrons. The first-order chi connectivity index (χ1) is 6.06. The fourth-order valence-corrected chi connectivity index (χ4v) is 2.76. The first-order valence-electron chi connectivity index (χ1n) is 5.74. The largest absolute Gasteiger partial charge is 0.393 e. The summed E-state index contributed by atoms with van der Waals surface area (Å²) < 4.78 is 0. The summed E-state index contributed by atoms with van der Waals surface area (Å²) in [5, 5.41) is 9.81. The Kier molecular flexibility index (Phi) is 3.78. The summed E-state index contributed by atoms with van der Waals surface area (Å²) >= 11 is 0. The van der Waals surface area contributed by atoms with Crippen LogP contribution in [-0.4, -0.2) is 11.2 Å². The summed E-state index contributed by atoms with van der Waals surface area (Å²) in [5.41, 5.74) is 0. The van der Waals surface area contributed by atoms with Gasteiger partial charge in [-0.15, -0.1) is 0 Å². The molecule has 0 spiro atoms. The van der Waals surface area contributed by atoms with Crippen LogP contribution in [0.2, 0.25) is 0 Å². The molecule has 1 rings (SSSR count). The van der Waals surface area contributed by atoms with E-state index in [1.54, 1.807) is 0 Å². The van der Waals surface area contributed by atoms with E-state index in [9.17, 15) is 5.11 Å². The molecule has 1 N–H and O–H groups in total. The highest BCUT2D eigenvalue weighted by molar-refractivity contribution is 4.83. The SMILES string of the molecule is CCC(C)C1CC(O)C(C)CC1C. The Morgan fingerprint density at radius 2 is 1.85 bits per heavy atom. The van der Waals surface area contributed by atoms with Crippen LogP contribution in [-0.2, 0) is 0 Å². The van der Waals surface area contributed by atoms with Gasteiger partial charge in [-0.2, -0.15) is 0 Å². The van der Waals surface area contributed by atoms with Crippen molar-refractivity contribution in [3.05, 3.63) is 0 Å². The molecule has 1 nitrogen and oxygen atoms in total. The van der Waals surface area contributed by atoms with Gasteiger partial charge >= 0.3 is 0 Å². The molecule has 0 heterocycles. The summed E-state index contributed by atoms with van der Waals surface area (Å²) in [7, 11) is 0. The molecular formula is C12H24O. The summed E-state index contributed by atoms with van der Waals surface area (Å²) in [6, 6.07) is 0. The second-order valence-corrected chi connectivity index (χ2v) is 5.04. The Bertz CT molecular complexity index is 155. The minimum atomic E-state index is -0.0461. The number of aliphatic hydroxyl groups excluding tert-OH is 1. The second kappa shape index (κ2) is 4.45. The fourth-order valence-electron chi connectivity index (χ4n) is 2.76. The van der Waals surface area contributed by atoms with Gasteiger partial charge in [0.2, 0.25) is 0 Å². The van der Waals surface area contributed by atoms with Crippen molar-refractivity contribution in [1.82, 2.24) is 0 Å². The van der Waals surface area contributed by atoms with Gasteiger partial charge in [-0.05, 0) is 36.5 Å². The molecule has 0 bridgehead atoms. The van der Waals surface area contributed by atoms with Crippen LogP contribution in [0.25, 0.3) is 0 Å². The number of hydrogen-bond donors (Lipinski definition) is 1. The summed E-state index contributed by atoms with van der Waals surface area (Å²) in [4.78, 5) is 0. The molecule has 13 heavy (non-hydrogen) atoms. The Morgan fingerprint density at radius 1 is 1.23 bits per heavy atom. The average molecular weight is 184 g/mol. The summed E-state index contributed by atoms with van der Waals surface area (Å²) in [6.45, 7) is 9.10. The van der Waals surface area contributed by atoms with E-state index in [0.717, 1.165) is 24.2 Å². The predicted molar refractivity (Wildman–Crippen MR) is 56.5 cm³/mol. The molecule has 0 aromatic rings. The molecule has 0 radical (unpaired) electrons. The highest BCUT2D eigenvalue weighted by atomic mass is 16.3. The van der Waals surface area contributed by atoms with Crippen molar-refractivity contribution in [2.24, 2.45) is 23.7 Å². The lowest BCUT2D eigenvalue weighted by Crippen LogP contribution is -2.35. The van der Waals surface area contributed by atoms with Crippen LogP contribution in [0, 0.1) is 23.7 Å².